The SMILES string of the molecule is Cc1nc(Oc2ccc(C(=O)O)cc2)ccc1Br. The molecule has 0 saturated heterocycles. The van der Waals surface area contributed by atoms with Crippen LogP contribution in [0.25, 0.3) is 0 Å². The van der Waals surface area contributed by atoms with Crippen molar-refractivity contribution in [2.24, 2.45) is 0 Å². The van der Waals surface area contributed by atoms with E-state index in [-0.39, 0.29) is 5.56 Å². The van der Waals surface area contributed by atoms with Gasteiger partial charge in [0.15, 0.2) is 0 Å². The molecule has 18 heavy (non-hydrogen) atoms. The maximum Gasteiger partial charge on any atom is 0.335 e. The lowest BCUT2D eigenvalue weighted by Crippen LogP contribution is -1.96. The Labute approximate surface area is 112 Å². The molecule has 0 atom stereocenters. The van der Waals surface area contributed by atoms with Crippen molar-refractivity contribution >= 4 is 21.9 Å². The first-order valence-corrected chi connectivity index (χ1v) is 6.00. The van der Waals surface area contributed by atoms with Crippen molar-refractivity contribution in [3.05, 3.63) is 52.1 Å². The maximum atomic E-state index is 10.7. The van der Waals surface area contributed by atoms with Gasteiger partial charge in [-0.1, -0.05) is 0 Å². The number of hydrogen-bond acceptors (Lipinski definition) is 3. The fraction of sp³-hybridized carbons (Fsp3) is 0.0769. The van der Waals surface area contributed by atoms with Crippen molar-refractivity contribution < 1.29 is 14.6 Å². The molecule has 0 radical (unpaired) electrons. The van der Waals surface area contributed by atoms with Crippen LogP contribution >= 0.6 is 15.9 Å². The van der Waals surface area contributed by atoms with E-state index in [1.165, 1.54) is 12.1 Å². The number of carboxylic acids is 1. The van der Waals surface area contributed by atoms with Crippen LogP contribution in [0.1, 0.15) is 16.1 Å². The average molecular weight is 308 g/mol. The molecule has 1 aromatic carbocycles. The molecule has 1 heterocycles. The van der Waals surface area contributed by atoms with Crippen LogP contribution in [0.5, 0.6) is 11.6 Å². The van der Waals surface area contributed by atoms with Crippen LogP contribution in [0.2, 0.25) is 0 Å². The van der Waals surface area contributed by atoms with Crippen LogP contribution in [0.4, 0.5) is 0 Å². The molecule has 0 spiro atoms. The van der Waals surface area contributed by atoms with Crippen LogP contribution in [0.15, 0.2) is 40.9 Å². The van der Waals surface area contributed by atoms with E-state index >= 15 is 0 Å². The van der Waals surface area contributed by atoms with E-state index in [0.29, 0.717) is 11.6 Å². The molecule has 0 saturated carbocycles. The van der Waals surface area contributed by atoms with Gasteiger partial charge in [-0.15, -0.1) is 0 Å². The van der Waals surface area contributed by atoms with Gasteiger partial charge in [-0.2, -0.15) is 0 Å². The minimum absolute atomic E-state index is 0.224. The molecular weight excluding hydrogens is 298 g/mol. The van der Waals surface area contributed by atoms with Gasteiger partial charge < -0.3 is 9.84 Å². The molecule has 5 heteroatoms. The van der Waals surface area contributed by atoms with Gasteiger partial charge in [-0.3, -0.25) is 0 Å². The number of aromatic nitrogens is 1. The third-order valence-corrected chi connectivity index (χ3v) is 3.16. The molecule has 0 aliphatic carbocycles. The minimum Gasteiger partial charge on any atom is -0.478 e. The molecule has 4 nitrogen and oxygen atoms in total. The van der Waals surface area contributed by atoms with Crippen LogP contribution < -0.4 is 4.74 Å². The summed E-state index contributed by atoms with van der Waals surface area (Å²) in [4.78, 5) is 14.9. The summed E-state index contributed by atoms with van der Waals surface area (Å²) in [5.41, 5.74) is 1.05. The summed E-state index contributed by atoms with van der Waals surface area (Å²) in [5, 5.41) is 8.77. The van der Waals surface area contributed by atoms with Gasteiger partial charge in [-0.05, 0) is 53.2 Å². The number of nitrogens with zero attached hydrogens (tertiary/aromatic N) is 1. The van der Waals surface area contributed by atoms with Crippen LogP contribution in [0.3, 0.4) is 0 Å². The number of aromatic carboxylic acids is 1. The highest BCUT2D eigenvalue weighted by Crippen LogP contribution is 2.23. The fourth-order valence-electron chi connectivity index (χ4n) is 1.36. The lowest BCUT2D eigenvalue weighted by molar-refractivity contribution is 0.0697. The lowest BCUT2D eigenvalue weighted by atomic mass is 10.2. The first-order chi connectivity index (χ1) is 8.56. The van der Waals surface area contributed by atoms with Crippen molar-refractivity contribution in [3.8, 4) is 11.6 Å². The Morgan fingerprint density at radius 3 is 2.44 bits per heavy atom. The molecule has 2 aromatic rings. The van der Waals surface area contributed by atoms with Crippen LogP contribution in [-0.4, -0.2) is 16.1 Å². The summed E-state index contributed by atoms with van der Waals surface area (Å²) in [6, 6.07) is 9.77. The van der Waals surface area contributed by atoms with Crippen molar-refractivity contribution in [2.75, 3.05) is 0 Å². The van der Waals surface area contributed by atoms with Gasteiger partial charge in [0, 0.05) is 10.5 Å². The van der Waals surface area contributed by atoms with Crippen molar-refractivity contribution in [3.63, 3.8) is 0 Å². The Morgan fingerprint density at radius 2 is 1.89 bits per heavy atom. The van der Waals surface area contributed by atoms with Crippen LogP contribution in [0, 0.1) is 6.92 Å². The Kier molecular flexibility index (Phi) is 3.62. The second kappa shape index (κ2) is 5.18. The van der Waals surface area contributed by atoms with Crippen molar-refractivity contribution in [1.82, 2.24) is 4.98 Å². The monoisotopic (exact) mass is 307 g/mol. The summed E-state index contributed by atoms with van der Waals surface area (Å²) < 4.78 is 6.44. The molecule has 0 bridgehead atoms. The zero-order valence-electron chi connectivity index (χ0n) is 9.55. The van der Waals surface area contributed by atoms with E-state index in [0.717, 1.165) is 10.2 Å². The van der Waals surface area contributed by atoms with E-state index in [1.54, 1.807) is 18.2 Å². The van der Waals surface area contributed by atoms with E-state index < -0.39 is 5.97 Å². The number of pyridine rings is 1. The maximum absolute atomic E-state index is 10.7. The molecule has 0 fully saturated rings. The second-order valence-corrected chi connectivity index (χ2v) is 4.50. The summed E-state index contributed by atoms with van der Waals surface area (Å²) in [5.74, 6) is 0.0622. The molecule has 0 aliphatic heterocycles. The van der Waals surface area contributed by atoms with Gasteiger partial charge in [0.25, 0.3) is 0 Å². The van der Waals surface area contributed by atoms with E-state index in [2.05, 4.69) is 20.9 Å². The average Bonchev–Trinajstić information content (AvgIpc) is 2.34. The first-order valence-electron chi connectivity index (χ1n) is 5.20. The summed E-state index contributed by atoms with van der Waals surface area (Å²) in [7, 11) is 0. The van der Waals surface area contributed by atoms with E-state index in [4.69, 9.17) is 9.84 Å². The van der Waals surface area contributed by atoms with Crippen molar-refractivity contribution in [1.29, 1.82) is 0 Å². The Bertz CT molecular complexity index is 581. The predicted molar refractivity (Wildman–Crippen MR) is 70.1 cm³/mol. The third kappa shape index (κ3) is 2.87. The fourth-order valence-corrected chi connectivity index (χ4v) is 1.58. The van der Waals surface area contributed by atoms with E-state index in [9.17, 15) is 4.79 Å². The molecule has 1 aromatic heterocycles. The number of carbonyl (C=O) groups is 1. The number of ether oxygens (including phenoxy) is 1. The highest BCUT2D eigenvalue weighted by atomic mass is 79.9. The number of halogens is 1. The van der Waals surface area contributed by atoms with Crippen LogP contribution in [-0.2, 0) is 0 Å². The topological polar surface area (TPSA) is 59.4 Å². The van der Waals surface area contributed by atoms with E-state index in [1.807, 2.05) is 13.0 Å². The van der Waals surface area contributed by atoms with Gasteiger partial charge in [0.1, 0.15) is 5.75 Å². The predicted octanol–water partition coefficient (Wildman–Crippen LogP) is 3.64. The van der Waals surface area contributed by atoms with Gasteiger partial charge >= 0.3 is 5.97 Å². The second-order valence-electron chi connectivity index (χ2n) is 3.65. The summed E-state index contributed by atoms with van der Waals surface area (Å²) >= 11 is 3.36. The Balaban J connectivity index is 2.18. The normalized spacial score (nSPS) is 10.1. The number of carboxylic acid groups (broad SMARTS) is 1. The number of hydrogen-bond donors (Lipinski definition) is 1. The zero-order chi connectivity index (χ0) is 13.1. The zero-order valence-corrected chi connectivity index (χ0v) is 11.1. The number of rotatable bonds is 3. The molecule has 92 valence electrons. The molecule has 2 rings (SSSR count). The molecule has 1 N–H and O–H groups in total. The smallest absolute Gasteiger partial charge is 0.335 e. The molecule has 0 aliphatic rings. The van der Waals surface area contributed by atoms with Gasteiger partial charge in [-0.25, -0.2) is 9.78 Å². The molecule has 0 amide bonds. The largest absolute Gasteiger partial charge is 0.478 e. The first kappa shape index (κ1) is 12.6. The summed E-state index contributed by atoms with van der Waals surface area (Å²) in [6.07, 6.45) is 0. The highest BCUT2D eigenvalue weighted by molar-refractivity contribution is 9.10. The highest BCUT2D eigenvalue weighted by Gasteiger charge is 2.04. The minimum atomic E-state index is -0.959. The number of benzene rings is 1. The van der Waals surface area contributed by atoms with Crippen molar-refractivity contribution in [2.45, 2.75) is 6.92 Å². The Hall–Kier alpha value is -1.88. The lowest BCUT2D eigenvalue weighted by Gasteiger charge is -2.06. The molecule has 0 unspecified atom stereocenters. The summed E-state index contributed by atoms with van der Waals surface area (Å²) in [6.45, 7) is 1.87. The Morgan fingerprint density at radius 1 is 1.22 bits per heavy atom. The quantitative estimate of drug-likeness (QED) is 0.940. The molecular formula is C13H10BrNO3. The van der Waals surface area contributed by atoms with Gasteiger partial charge in [0.2, 0.25) is 5.88 Å². The standard InChI is InChI=1S/C13H10BrNO3/c1-8-11(14)6-7-12(15-8)18-10-4-2-9(3-5-10)13(16)17/h2-7H,1H3,(H,16,17). The third-order valence-electron chi connectivity index (χ3n) is 2.32. The number of aryl methyl sites for hydroxylation is 1. The van der Waals surface area contributed by atoms with Gasteiger partial charge in [0.05, 0.1) is 11.3 Å².